The Morgan fingerprint density at radius 3 is 1.82 bits per heavy atom. The van der Waals surface area contributed by atoms with Crippen LogP contribution in [0.2, 0.25) is 0 Å². The molecule has 2 spiro atoms. The van der Waals surface area contributed by atoms with Crippen LogP contribution in [0.25, 0.3) is 0 Å². The van der Waals surface area contributed by atoms with Crippen molar-refractivity contribution in [2.45, 2.75) is 172 Å². The van der Waals surface area contributed by atoms with Gasteiger partial charge in [-0.25, -0.2) is 19.6 Å². The van der Waals surface area contributed by atoms with Crippen molar-refractivity contribution in [2.24, 2.45) is 47.3 Å². The number of ether oxygens (including phenoxy) is 5. The van der Waals surface area contributed by atoms with E-state index < -0.39 is 53.3 Å². The van der Waals surface area contributed by atoms with Gasteiger partial charge in [-0.1, -0.05) is 45.9 Å². The van der Waals surface area contributed by atoms with Crippen molar-refractivity contribution in [3.05, 3.63) is 35.9 Å². The number of carbonyl (C=O) groups excluding carboxylic acids is 3. The van der Waals surface area contributed by atoms with E-state index in [1.54, 1.807) is 17.0 Å². The van der Waals surface area contributed by atoms with E-state index in [1.807, 2.05) is 32.0 Å². The van der Waals surface area contributed by atoms with Crippen molar-refractivity contribution in [2.75, 3.05) is 20.2 Å². The SMILES string of the molecule is COC(=O)CNC(=O)C(CC[C@H]1O[C@@H]2O[C@@]3(C)CC[C@H]4[C@H](C)CC[C@@H]([C@H]1C)[C@@]24OO3)N(CCC[C@H]1O[C@@H]2O[C@@]3(C)CC[C@H]4[C@H](C)CC[C@@H]([C@H]1C)[C@@]24OO3)C(=O)c1ccccc1. The third-order valence-electron chi connectivity index (χ3n) is 16.8. The fourth-order valence-electron chi connectivity index (χ4n) is 13.3. The van der Waals surface area contributed by atoms with Crippen LogP contribution in [0.4, 0.5) is 0 Å². The number of fused-ring (bicyclic) bond motifs is 4. The zero-order chi connectivity index (χ0) is 42.9. The summed E-state index contributed by atoms with van der Waals surface area (Å²) in [5, 5.41) is 2.79. The van der Waals surface area contributed by atoms with Gasteiger partial charge in [0.25, 0.3) is 5.91 Å². The maximum Gasteiger partial charge on any atom is 0.325 e. The van der Waals surface area contributed by atoms with Gasteiger partial charge in [0.1, 0.15) is 12.6 Å². The van der Waals surface area contributed by atoms with Crippen LogP contribution in [0, 0.1) is 47.3 Å². The summed E-state index contributed by atoms with van der Waals surface area (Å²) in [5.74, 6) is -1.11. The third-order valence-corrected chi connectivity index (χ3v) is 16.8. The summed E-state index contributed by atoms with van der Waals surface area (Å²) in [6.07, 6.45) is 7.88. The predicted octanol–water partition coefficient (Wildman–Crippen LogP) is 6.85. The highest BCUT2D eigenvalue weighted by Crippen LogP contribution is 2.62. The van der Waals surface area contributed by atoms with Gasteiger partial charge in [0.05, 0.1) is 19.3 Å². The molecule has 8 aliphatic heterocycles. The lowest BCUT2D eigenvalue weighted by Gasteiger charge is -2.60. The second-order valence-corrected chi connectivity index (χ2v) is 20.3. The van der Waals surface area contributed by atoms with Crippen molar-refractivity contribution in [1.29, 1.82) is 0 Å². The topological polar surface area (TPSA) is 150 Å². The summed E-state index contributed by atoms with van der Waals surface area (Å²) >= 11 is 0. The molecule has 338 valence electrons. The van der Waals surface area contributed by atoms with E-state index in [9.17, 15) is 14.4 Å². The highest BCUT2D eigenvalue weighted by atomic mass is 17.3. The number of nitrogens with one attached hydrogen (secondary N) is 1. The first-order valence-corrected chi connectivity index (χ1v) is 23.3. The van der Waals surface area contributed by atoms with Gasteiger partial charge in [-0.05, 0) is 126 Å². The standard InChI is InChI=1S/C47H68N2O12/c1-27-15-17-34-29(3)37(54-42-46(34)32(27)21-23-44(5,56-42)58-60-46)14-11-25-49(41(52)31-12-9-8-10-13-31)36(40(51)48-26-39(50)53-7)19-20-38-30(4)35-18-16-28(2)33-22-24-45(6)57-43(55-38)47(33,35)61-59-45/h8-10,12-13,27-30,32-38,42-43H,11,14-26H2,1-7H3,(H,48,51)/t27-,28-,29-,30-,32+,33+,34+,35+,36?,37-,38-,42-,43-,44-,45-,46-,47-/m1/s1. The molecule has 1 aromatic rings. The molecular formula is C47H68N2O12. The molecule has 0 aromatic heterocycles. The molecule has 61 heavy (non-hydrogen) atoms. The number of hydrogen-bond donors (Lipinski definition) is 1. The average molecular weight is 853 g/mol. The van der Waals surface area contributed by atoms with Crippen LogP contribution in [0.3, 0.4) is 0 Å². The van der Waals surface area contributed by atoms with Crippen LogP contribution in [0.15, 0.2) is 30.3 Å². The van der Waals surface area contributed by atoms with E-state index in [4.69, 9.17) is 43.2 Å². The minimum atomic E-state index is -0.910. The molecule has 1 N–H and O–H groups in total. The molecule has 1 aromatic carbocycles. The van der Waals surface area contributed by atoms with Gasteiger partial charge in [-0.15, -0.1) is 0 Å². The maximum atomic E-state index is 14.7. The van der Waals surface area contributed by atoms with Crippen LogP contribution >= 0.6 is 0 Å². The average Bonchev–Trinajstić information content (AvgIpc) is 3.63. The maximum absolute atomic E-state index is 14.7. The Hall–Kier alpha value is -2.69. The Bertz CT molecular complexity index is 1790. The Balaban J connectivity index is 0.961. The molecule has 2 amide bonds. The van der Waals surface area contributed by atoms with Gasteiger partial charge in [-0.2, -0.15) is 0 Å². The van der Waals surface area contributed by atoms with Crippen LogP contribution in [0.5, 0.6) is 0 Å². The number of benzene rings is 1. The lowest BCUT2D eigenvalue weighted by molar-refractivity contribution is -0.571. The molecule has 14 heteroatoms. The minimum absolute atomic E-state index is 0.0617. The number of esters is 1. The van der Waals surface area contributed by atoms with Crippen molar-refractivity contribution in [3.63, 3.8) is 0 Å². The molecule has 8 heterocycles. The number of rotatable bonds is 12. The van der Waals surface area contributed by atoms with Crippen LogP contribution in [-0.4, -0.2) is 96.5 Å². The monoisotopic (exact) mass is 852 g/mol. The Morgan fingerprint density at radius 2 is 1.28 bits per heavy atom. The Morgan fingerprint density at radius 1 is 0.738 bits per heavy atom. The summed E-state index contributed by atoms with van der Waals surface area (Å²) in [4.78, 5) is 68.0. The quantitative estimate of drug-likeness (QED) is 0.173. The van der Waals surface area contributed by atoms with E-state index in [0.29, 0.717) is 43.1 Å². The lowest BCUT2D eigenvalue weighted by atomic mass is 9.57. The smallest absolute Gasteiger partial charge is 0.325 e. The van der Waals surface area contributed by atoms with E-state index in [1.165, 1.54) is 7.11 Å². The zero-order valence-electron chi connectivity index (χ0n) is 37.1. The molecule has 10 fully saturated rings. The summed E-state index contributed by atoms with van der Waals surface area (Å²) in [7, 11) is 1.29. The normalized spacial score (nSPS) is 45.0. The van der Waals surface area contributed by atoms with Crippen LogP contribution < -0.4 is 5.32 Å². The van der Waals surface area contributed by atoms with Gasteiger partial charge in [0.15, 0.2) is 23.8 Å². The first-order chi connectivity index (χ1) is 29.2. The van der Waals surface area contributed by atoms with Gasteiger partial charge in [0, 0.05) is 36.8 Å². The van der Waals surface area contributed by atoms with E-state index in [0.717, 1.165) is 51.4 Å². The molecule has 1 unspecified atom stereocenters. The summed E-state index contributed by atoms with van der Waals surface area (Å²) in [5.41, 5.74) is -0.884. The molecule has 2 saturated carbocycles. The second-order valence-electron chi connectivity index (χ2n) is 20.3. The zero-order valence-corrected chi connectivity index (χ0v) is 37.1. The fraction of sp³-hybridized carbons (Fsp3) is 0.809. The molecule has 17 atom stereocenters. The molecule has 2 aliphatic carbocycles. The molecule has 8 saturated heterocycles. The largest absolute Gasteiger partial charge is 0.468 e. The molecular weight excluding hydrogens is 785 g/mol. The van der Waals surface area contributed by atoms with Crippen LogP contribution in [0.1, 0.15) is 129 Å². The van der Waals surface area contributed by atoms with Crippen molar-refractivity contribution < 1.29 is 57.6 Å². The van der Waals surface area contributed by atoms with Crippen LogP contribution in [-0.2, 0) is 52.8 Å². The molecule has 4 bridgehead atoms. The Kier molecular flexibility index (Phi) is 11.9. The fourth-order valence-corrected chi connectivity index (χ4v) is 13.3. The van der Waals surface area contributed by atoms with Gasteiger partial charge in [0.2, 0.25) is 17.5 Å². The van der Waals surface area contributed by atoms with E-state index in [2.05, 4.69) is 33.0 Å². The third kappa shape index (κ3) is 7.46. The number of hydrogen-bond acceptors (Lipinski definition) is 12. The van der Waals surface area contributed by atoms with Crippen molar-refractivity contribution in [3.8, 4) is 0 Å². The lowest BCUT2D eigenvalue weighted by Crippen LogP contribution is -2.70. The minimum Gasteiger partial charge on any atom is -0.468 e. The highest BCUT2D eigenvalue weighted by Gasteiger charge is 2.70. The first-order valence-electron chi connectivity index (χ1n) is 23.3. The number of amides is 2. The summed E-state index contributed by atoms with van der Waals surface area (Å²) in [6, 6.07) is 8.17. The number of nitrogens with zero attached hydrogens (tertiary/aromatic N) is 1. The van der Waals surface area contributed by atoms with Crippen molar-refractivity contribution >= 4 is 17.8 Å². The molecule has 14 nitrogen and oxygen atoms in total. The van der Waals surface area contributed by atoms with Gasteiger partial charge in [-0.3, -0.25) is 14.4 Å². The Labute approximate surface area is 360 Å². The van der Waals surface area contributed by atoms with Gasteiger partial charge >= 0.3 is 5.97 Å². The summed E-state index contributed by atoms with van der Waals surface area (Å²) in [6.45, 7) is 12.9. The van der Waals surface area contributed by atoms with Crippen molar-refractivity contribution in [1.82, 2.24) is 10.2 Å². The number of methoxy groups -OCH3 is 1. The molecule has 10 aliphatic rings. The second kappa shape index (κ2) is 16.7. The predicted molar refractivity (Wildman–Crippen MR) is 218 cm³/mol. The van der Waals surface area contributed by atoms with E-state index >= 15 is 0 Å². The molecule has 11 rings (SSSR count). The summed E-state index contributed by atoms with van der Waals surface area (Å²) < 4.78 is 32.0. The first kappa shape index (κ1) is 43.6. The number of carbonyl (C=O) groups is 3. The van der Waals surface area contributed by atoms with E-state index in [-0.39, 0.29) is 66.7 Å². The van der Waals surface area contributed by atoms with Gasteiger partial charge < -0.3 is 33.9 Å². The molecule has 0 radical (unpaired) electrons. The highest BCUT2D eigenvalue weighted by molar-refractivity contribution is 5.98.